The lowest BCUT2D eigenvalue weighted by Crippen LogP contribution is -2.50. The predicted molar refractivity (Wildman–Crippen MR) is 81.5 cm³/mol. The number of amides is 1. The van der Waals surface area contributed by atoms with Gasteiger partial charge in [-0.25, -0.2) is 13.1 Å². The Kier molecular flexibility index (Phi) is 4.09. The van der Waals surface area contributed by atoms with Crippen LogP contribution < -0.4 is 0 Å². The first-order valence-corrected chi connectivity index (χ1v) is 8.88. The van der Waals surface area contributed by atoms with Crippen LogP contribution in [-0.4, -0.2) is 75.9 Å². The van der Waals surface area contributed by atoms with Crippen LogP contribution in [0, 0.1) is 0 Å². The van der Waals surface area contributed by atoms with Gasteiger partial charge in [-0.2, -0.15) is 9.40 Å². The lowest BCUT2D eigenvalue weighted by atomic mass is 10.3. The quantitative estimate of drug-likeness (QED) is 0.740. The molecule has 3 heterocycles. The summed E-state index contributed by atoms with van der Waals surface area (Å²) in [5.41, 5.74) is 0.230. The number of aromatic nitrogens is 4. The molecule has 0 aromatic carbocycles. The van der Waals surface area contributed by atoms with Crippen molar-refractivity contribution in [1.82, 2.24) is 29.2 Å². The Morgan fingerprint density at radius 3 is 2.39 bits per heavy atom. The number of carbonyl (C=O) groups excluding carboxylic acids is 1. The minimum atomic E-state index is -3.21. The first-order valence-electron chi connectivity index (χ1n) is 7.03. The fraction of sp³-hybridized carbons (Fsp3) is 0.385. The summed E-state index contributed by atoms with van der Waals surface area (Å²) >= 11 is 0. The number of hydrogen-bond acceptors (Lipinski definition) is 6. The van der Waals surface area contributed by atoms with Crippen LogP contribution in [0.5, 0.6) is 0 Å². The molecule has 23 heavy (non-hydrogen) atoms. The monoisotopic (exact) mass is 336 g/mol. The van der Waals surface area contributed by atoms with Crippen molar-refractivity contribution in [3.8, 4) is 5.82 Å². The molecule has 3 rings (SSSR count). The second kappa shape index (κ2) is 6.05. The van der Waals surface area contributed by atoms with Gasteiger partial charge >= 0.3 is 0 Å². The average Bonchev–Trinajstić information content (AvgIpc) is 3.08. The van der Waals surface area contributed by atoms with E-state index in [2.05, 4.69) is 15.3 Å². The highest BCUT2D eigenvalue weighted by Crippen LogP contribution is 2.10. The maximum absolute atomic E-state index is 12.4. The van der Waals surface area contributed by atoms with Crippen molar-refractivity contribution in [2.75, 3.05) is 32.4 Å². The standard InChI is InChI=1S/C13H16N6O3S/c1-23(21,22)18-9-7-17(8-10-18)13(20)11-3-4-12(16-15-11)19-6-2-5-14-19/h2-6H,7-10H2,1H3. The number of sulfonamides is 1. The molecule has 10 heteroatoms. The van der Waals surface area contributed by atoms with E-state index in [1.165, 1.54) is 10.6 Å². The van der Waals surface area contributed by atoms with Gasteiger partial charge in [-0.3, -0.25) is 4.79 Å². The largest absolute Gasteiger partial charge is 0.335 e. The van der Waals surface area contributed by atoms with Crippen LogP contribution in [0.2, 0.25) is 0 Å². The van der Waals surface area contributed by atoms with Crippen molar-refractivity contribution < 1.29 is 13.2 Å². The molecule has 0 radical (unpaired) electrons. The number of piperazine rings is 1. The molecule has 1 aliphatic heterocycles. The Bertz CT molecular complexity index is 780. The van der Waals surface area contributed by atoms with Crippen molar-refractivity contribution in [2.45, 2.75) is 0 Å². The Balaban J connectivity index is 1.67. The Hall–Kier alpha value is -2.33. The zero-order valence-electron chi connectivity index (χ0n) is 12.5. The fourth-order valence-electron chi connectivity index (χ4n) is 2.35. The smallest absolute Gasteiger partial charge is 0.274 e. The summed E-state index contributed by atoms with van der Waals surface area (Å²) in [5.74, 6) is 0.270. The number of hydrogen-bond donors (Lipinski definition) is 0. The molecule has 0 atom stereocenters. The zero-order chi connectivity index (χ0) is 16.4. The van der Waals surface area contributed by atoms with E-state index in [4.69, 9.17) is 0 Å². The van der Waals surface area contributed by atoms with Gasteiger partial charge < -0.3 is 4.90 Å². The summed E-state index contributed by atoms with van der Waals surface area (Å²) in [4.78, 5) is 14.0. The van der Waals surface area contributed by atoms with E-state index in [1.807, 2.05) is 0 Å². The molecule has 0 unspecified atom stereocenters. The molecule has 1 fully saturated rings. The highest BCUT2D eigenvalue weighted by Gasteiger charge is 2.27. The summed E-state index contributed by atoms with van der Waals surface area (Å²) in [5, 5.41) is 12.0. The minimum Gasteiger partial charge on any atom is -0.335 e. The fourth-order valence-corrected chi connectivity index (χ4v) is 3.18. The topological polar surface area (TPSA) is 101 Å². The van der Waals surface area contributed by atoms with E-state index in [1.54, 1.807) is 40.2 Å². The van der Waals surface area contributed by atoms with Crippen LogP contribution in [0.15, 0.2) is 30.6 Å². The molecule has 0 N–H and O–H groups in total. The van der Waals surface area contributed by atoms with E-state index in [0.717, 1.165) is 0 Å². The molecule has 9 nitrogen and oxygen atoms in total. The van der Waals surface area contributed by atoms with Gasteiger partial charge in [0.25, 0.3) is 5.91 Å². The summed E-state index contributed by atoms with van der Waals surface area (Å²) in [7, 11) is -3.21. The van der Waals surface area contributed by atoms with Gasteiger partial charge in [0.15, 0.2) is 11.5 Å². The van der Waals surface area contributed by atoms with Gasteiger partial charge in [0.1, 0.15) is 0 Å². The first-order chi connectivity index (χ1) is 10.9. The number of carbonyl (C=O) groups is 1. The molecule has 1 saturated heterocycles. The molecule has 122 valence electrons. The molecule has 2 aromatic rings. The summed E-state index contributed by atoms with van der Waals surface area (Å²) in [6, 6.07) is 5.03. The molecule has 1 amide bonds. The normalized spacial score (nSPS) is 16.5. The van der Waals surface area contributed by atoms with E-state index in [9.17, 15) is 13.2 Å². The Morgan fingerprint density at radius 1 is 1.13 bits per heavy atom. The molecule has 2 aromatic heterocycles. The SMILES string of the molecule is CS(=O)(=O)N1CCN(C(=O)c2ccc(-n3cccn3)nn2)CC1. The molecule has 0 bridgehead atoms. The van der Waals surface area contributed by atoms with Crippen LogP contribution in [0.3, 0.4) is 0 Å². The van der Waals surface area contributed by atoms with E-state index in [-0.39, 0.29) is 11.6 Å². The Morgan fingerprint density at radius 2 is 1.87 bits per heavy atom. The van der Waals surface area contributed by atoms with Crippen LogP contribution in [-0.2, 0) is 10.0 Å². The third-order valence-corrected chi connectivity index (χ3v) is 4.91. The van der Waals surface area contributed by atoms with Crippen LogP contribution >= 0.6 is 0 Å². The van der Waals surface area contributed by atoms with Crippen molar-refractivity contribution >= 4 is 15.9 Å². The zero-order valence-corrected chi connectivity index (χ0v) is 13.3. The minimum absolute atomic E-state index is 0.230. The molecule has 0 saturated carbocycles. The number of rotatable bonds is 3. The third kappa shape index (κ3) is 3.37. The van der Waals surface area contributed by atoms with Gasteiger partial charge in [-0.05, 0) is 18.2 Å². The van der Waals surface area contributed by atoms with E-state index in [0.29, 0.717) is 32.0 Å². The van der Waals surface area contributed by atoms with Crippen molar-refractivity contribution in [3.63, 3.8) is 0 Å². The average molecular weight is 336 g/mol. The Labute approximate surface area is 133 Å². The van der Waals surface area contributed by atoms with Crippen LogP contribution in [0.1, 0.15) is 10.5 Å². The second-order valence-corrected chi connectivity index (χ2v) is 7.16. The number of nitrogens with zero attached hydrogens (tertiary/aromatic N) is 6. The van der Waals surface area contributed by atoms with Gasteiger partial charge in [0, 0.05) is 38.6 Å². The summed E-state index contributed by atoms with van der Waals surface area (Å²) < 4.78 is 25.9. The van der Waals surface area contributed by atoms with Gasteiger partial charge in [-0.1, -0.05) is 0 Å². The lowest BCUT2D eigenvalue weighted by Gasteiger charge is -2.32. The summed E-state index contributed by atoms with van der Waals surface area (Å²) in [6.07, 6.45) is 4.53. The lowest BCUT2D eigenvalue weighted by molar-refractivity contribution is 0.0691. The van der Waals surface area contributed by atoms with Gasteiger partial charge in [0.05, 0.1) is 6.26 Å². The molecule has 1 aliphatic rings. The summed E-state index contributed by atoms with van der Waals surface area (Å²) in [6.45, 7) is 1.27. The predicted octanol–water partition coefficient (Wildman–Crippen LogP) is -0.620. The van der Waals surface area contributed by atoms with Crippen LogP contribution in [0.25, 0.3) is 5.82 Å². The first kappa shape index (κ1) is 15.6. The maximum Gasteiger partial charge on any atom is 0.274 e. The maximum atomic E-state index is 12.4. The second-order valence-electron chi connectivity index (χ2n) is 5.18. The van der Waals surface area contributed by atoms with Crippen molar-refractivity contribution in [2.24, 2.45) is 0 Å². The highest BCUT2D eigenvalue weighted by molar-refractivity contribution is 7.88. The molecular formula is C13H16N6O3S. The van der Waals surface area contributed by atoms with Crippen molar-refractivity contribution in [1.29, 1.82) is 0 Å². The highest BCUT2D eigenvalue weighted by atomic mass is 32.2. The molecule has 0 spiro atoms. The van der Waals surface area contributed by atoms with Crippen molar-refractivity contribution in [3.05, 3.63) is 36.3 Å². The van der Waals surface area contributed by atoms with Gasteiger partial charge in [0.2, 0.25) is 10.0 Å². The van der Waals surface area contributed by atoms with E-state index >= 15 is 0 Å². The van der Waals surface area contributed by atoms with Crippen LogP contribution in [0.4, 0.5) is 0 Å². The van der Waals surface area contributed by atoms with Gasteiger partial charge in [-0.15, -0.1) is 10.2 Å². The van der Waals surface area contributed by atoms with E-state index < -0.39 is 10.0 Å². The molecular weight excluding hydrogens is 320 g/mol. The third-order valence-electron chi connectivity index (χ3n) is 3.60. The molecule has 0 aliphatic carbocycles.